The van der Waals surface area contributed by atoms with Crippen molar-refractivity contribution in [2.24, 2.45) is 10.9 Å². The monoisotopic (exact) mass is 387 g/mol. The molecular formula is C24H25N3O2. The maximum absolute atomic E-state index is 13.0. The maximum atomic E-state index is 13.0. The van der Waals surface area contributed by atoms with Crippen molar-refractivity contribution in [3.63, 3.8) is 0 Å². The molecule has 3 aromatic rings. The van der Waals surface area contributed by atoms with Gasteiger partial charge in [-0.1, -0.05) is 32.0 Å². The molecule has 0 saturated carbocycles. The Morgan fingerprint density at radius 1 is 1.21 bits per heavy atom. The van der Waals surface area contributed by atoms with Crippen LogP contribution in [0.3, 0.4) is 0 Å². The Morgan fingerprint density at radius 3 is 2.62 bits per heavy atom. The lowest BCUT2D eigenvalue weighted by Gasteiger charge is -2.11. The third-order valence-corrected chi connectivity index (χ3v) is 5.14. The Hall–Kier alpha value is -3.34. The third-order valence-electron chi connectivity index (χ3n) is 5.14. The minimum absolute atomic E-state index is 0.0459. The lowest BCUT2D eigenvalue weighted by molar-refractivity contribution is 0.0860. The van der Waals surface area contributed by atoms with Gasteiger partial charge in [-0.15, -0.1) is 0 Å². The number of methoxy groups -OCH3 is 1. The van der Waals surface area contributed by atoms with E-state index in [1.54, 1.807) is 11.7 Å². The third kappa shape index (κ3) is 3.33. The highest BCUT2D eigenvalue weighted by Gasteiger charge is 2.24. The number of aromatic nitrogens is 2. The van der Waals surface area contributed by atoms with Crippen molar-refractivity contribution < 1.29 is 9.53 Å². The summed E-state index contributed by atoms with van der Waals surface area (Å²) < 4.78 is 7.36. The zero-order chi connectivity index (χ0) is 20.7. The van der Waals surface area contributed by atoms with Crippen LogP contribution < -0.4 is 0 Å². The van der Waals surface area contributed by atoms with Gasteiger partial charge in [0.15, 0.2) is 0 Å². The highest BCUT2D eigenvalue weighted by Crippen LogP contribution is 2.29. The predicted octanol–water partition coefficient (Wildman–Crippen LogP) is 5.26. The minimum Gasteiger partial charge on any atom is -0.494 e. The average Bonchev–Trinajstić information content (AvgIpc) is 3.36. The first kappa shape index (κ1) is 19.0. The number of aromatic amines is 1. The van der Waals surface area contributed by atoms with Gasteiger partial charge < -0.3 is 9.72 Å². The second-order valence-electron chi connectivity index (χ2n) is 7.71. The zero-order valence-electron chi connectivity index (χ0n) is 17.4. The van der Waals surface area contributed by atoms with Crippen LogP contribution in [0.15, 0.2) is 58.9 Å². The van der Waals surface area contributed by atoms with Crippen LogP contribution in [0.5, 0.6) is 0 Å². The summed E-state index contributed by atoms with van der Waals surface area (Å²) in [6.07, 6.45) is 3.89. The summed E-state index contributed by atoms with van der Waals surface area (Å²) in [6, 6.07) is 12.0. The van der Waals surface area contributed by atoms with Gasteiger partial charge in [-0.25, -0.2) is 4.99 Å². The number of allylic oxidation sites excluding steroid dienone is 1. The van der Waals surface area contributed by atoms with E-state index in [9.17, 15) is 4.79 Å². The number of ether oxygens (including phenoxy) is 1. The van der Waals surface area contributed by atoms with Crippen molar-refractivity contribution >= 4 is 28.6 Å². The number of fused-ring (bicyclic) bond motifs is 1. The van der Waals surface area contributed by atoms with Gasteiger partial charge >= 0.3 is 0 Å². The summed E-state index contributed by atoms with van der Waals surface area (Å²) >= 11 is 0. The second kappa shape index (κ2) is 7.24. The van der Waals surface area contributed by atoms with Crippen molar-refractivity contribution in [2.45, 2.75) is 27.7 Å². The summed E-state index contributed by atoms with van der Waals surface area (Å²) in [5, 5.41) is 1.01. The first-order valence-corrected chi connectivity index (χ1v) is 9.76. The van der Waals surface area contributed by atoms with Crippen molar-refractivity contribution in [2.75, 3.05) is 7.11 Å². The quantitative estimate of drug-likeness (QED) is 0.664. The standard InChI is InChI=1S/C24H25N3O2/c1-14(2)24(28)27-21-9-7-6-8-17(21)11-22(27)19-13-23(29-5)20(26-19)12-18-15(3)10-16(4)25-18/h6-14,25H,1-5H3/b20-12-. The van der Waals surface area contributed by atoms with Crippen LogP contribution >= 0.6 is 0 Å². The van der Waals surface area contributed by atoms with E-state index in [2.05, 4.69) is 18.0 Å². The van der Waals surface area contributed by atoms with E-state index in [0.717, 1.165) is 45.0 Å². The van der Waals surface area contributed by atoms with Crippen LogP contribution in [0, 0.1) is 19.8 Å². The lowest BCUT2D eigenvalue weighted by Crippen LogP contribution is -2.20. The van der Waals surface area contributed by atoms with Gasteiger partial charge in [0.25, 0.3) is 0 Å². The molecule has 5 nitrogen and oxygen atoms in total. The number of carbonyl (C=O) groups excluding carboxylic acids is 1. The summed E-state index contributed by atoms with van der Waals surface area (Å²) in [5.74, 6) is 0.599. The van der Waals surface area contributed by atoms with E-state index in [-0.39, 0.29) is 11.8 Å². The largest absolute Gasteiger partial charge is 0.494 e. The van der Waals surface area contributed by atoms with Gasteiger partial charge in [0, 0.05) is 28.8 Å². The normalized spacial score (nSPS) is 15.3. The molecule has 1 aromatic carbocycles. The van der Waals surface area contributed by atoms with Crippen molar-refractivity contribution in [3.8, 4) is 0 Å². The fourth-order valence-electron chi connectivity index (χ4n) is 3.69. The highest BCUT2D eigenvalue weighted by atomic mass is 16.5. The van der Waals surface area contributed by atoms with Gasteiger partial charge in [0.05, 0.1) is 24.0 Å². The number of benzene rings is 1. The number of para-hydroxylation sites is 1. The van der Waals surface area contributed by atoms with E-state index >= 15 is 0 Å². The molecule has 0 bridgehead atoms. The molecule has 0 radical (unpaired) electrons. The first-order valence-electron chi connectivity index (χ1n) is 9.76. The molecule has 1 aliphatic heterocycles. The Labute approximate surface area is 170 Å². The average molecular weight is 387 g/mol. The maximum Gasteiger partial charge on any atom is 0.234 e. The molecule has 1 aliphatic rings. The van der Waals surface area contributed by atoms with Gasteiger partial charge in [0.1, 0.15) is 11.5 Å². The minimum atomic E-state index is -0.128. The van der Waals surface area contributed by atoms with Crippen LogP contribution in [-0.4, -0.2) is 28.3 Å². The molecule has 0 amide bonds. The smallest absolute Gasteiger partial charge is 0.234 e. The Kier molecular flexibility index (Phi) is 4.74. The molecule has 0 fully saturated rings. The van der Waals surface area contributed by atoms with E-state index in [1.165, 1.54) is 0 Å². The lowest BCUT2D eigenvalue weighted by atomic mass is 10.2. The fourth-order valence-corrected chi connectivity index (χ4v) is 3.69. The van der Waals surface area contributed by atoms with E-state index in [4.69, 9.17) is 9.73 Å². The molecule has 0 saturated heterocycles. The molecule has 0 aliphatic carbocycles. The fraction of sp³-hybridized carbons (Fsp3) is 0.250. The number of hydrogen-bond donors (Lipinski definition) is 1. The van der Waals surface area contributed by atoms with Crippen molar-refractivity contribution in [1.29, 1.82) is 0 Å². The van der Waals surface area contributed by atoms with Crippen LogP contribution in [0.2, 0.25) is 0 Å². The summed E-state index contributed by atoms with van der Waals surface area (Å²) in [5.41, 5.74) is 6.39. The number of rotatable bonds is 4. The number of carbonyl (C=O) groups is 1. The van der Waals surface area contributed by atoms with Gasteiger partial charge in [-0.05, 0) is 43.7 Å². The topological polar surface area (TPSA) is 59.4 Å². The van der Waals surface area contributed by atoms with Crippen LogP contribution in [0.1, 0.15) is 41.3 Å². The summed E-state index contributed by atoms with van der Waals surface area (Å²) in [6.45, 7) is 7.91. The van der Waals surface area contributed by atoms with Crippen molar-refractivity contribution in [3.05, 3.63) is 76.6 Å². The van der Waals surface area contributed by atoms with Gasteiger partial charge in [0.2, 0.25) is 5.91 Å². The molecule has 0 atom stereocenters. The van der Waals surface area contributed by atoms with Gasteiger partial charge in [-0.2, -0.15) is 0 Å². The second-order valence-corrected chi connectivity index (χ2v) is 7.71. The molecule has 5 heteroatoms. The number of nitrogens with zero attached hydrogens (tertiary/aromatic N) is 2. The van der Waals surface area contributed by atoms with Crippen LogP contribution in [0.4, 0.5) is 0 Å². The number of H-pyrrole nitrogens is 1. The summed E-state index contributed by atoms with van der Waals surface area (Å²) in [7, 11) is 1.64. The van der Waals surface area contributed by atoms with Crippen LogP contribution in [-0.2, 0) is 4.74 Å². The van der Waals surface area contributed by atoms with E-state index in [0.29, 0.717) is 5.76 Å². The van der Waals surface area contributed by atoms with Crippen molar-refractivity contribution in [1.82, 2.24) is 9.55 Å². The molecule has 2 aromatic heterocycles. The molecule has 0 unspecified atom stereocenters. The number of nitrogens with one attached hydrogen (secondary N) is 1. The molecule has 1 N–H and O–H groups in total. The molecule has 29 heavy (non-hydrogen) atoms. The molecule has 148 valence electrons. The van der Waals surface area contributed by atoms with E-state index < -0.39 is 0 Å². The molecular weight excluding hydrogens is 362 g/mol. The predicted molar refractivity (Wildman–Crippen MR) is 117 cm³/mol. The van der Waals surface area contributed by atoms with E-state index in [1.807, 2.05) is 63.3 Å². The molecule has 0 spiro atoms. The molecule has 3 heterocycles. The SMILES string of the molecule is COC1=CC(c2cc3ccccc3n2C(=O)C(C)C)=N/C1=C\c1[nH]c(C)cc1C. The van der Waals surface area contributed by atoms with Gasteiger partial charge in [-0.3, -0.25) is 9.36 Å². The Balaban J connectivity index is 1.88. The number of aliphatic imine (C=N–C) groups is 1. The number of aryl methyl sites for hydroxylation is 2. The molecule has 4 rings (SSSR count). The zero-order valence-corrected chi connectivity index (χ0v) is 17.4. The summed E-state index contributed by atoms with van der Waals surface area (Å²) in [4.78, 5) is 21.2. The highest BCUT2D eigenvalue weighted by molar-refractivity contribution is 6.16. The van der Waals surface area contributed by atoms with Crippen LogP contribution in [0.25, 0.3) is 17.0 Å². The first-order chi connectivity index (χ1) is 13.9. The Bertz CT molecular complexity index is 1200. The number of hydrogen-bond acceptors (Lipinski definition) is 3. The Morgan fingerprint density at radius 2 is 1.97 bits per heavy atom.